The molecular formula is C9H11F2N3O. The molecule has 1 aliphatic carbocycles. The number of halogens is 2. The summed E-state index contributed by atoms with van der Waals surface area (Å²) in [5.74, 6) is -3.61. The van der Waals surface area contributed by atoms with E-state index in [0.717, 1.165) is 0 Å². The van der Waals surface area contributed by atoms with Crippen LogP contribution in [-0.4, -0.2) is 26.7 Å². The summed E-state index contributed by atoms with van der Waals surface area (Å²) in [6.07, 6.45) is 1.13. The minimum atomic E-state index is -2.69. The Hall–Kier alpha value is -1.33. The molecule has 1 fully saturated rings. The Labute approximate surface area is 85.3 Å². The van der Waals surface area contributed by atoms with E-state index in [0.29, 0.717) is 0 Å². The average molecular weight is 215 g/mol. The Morgan fingerprint density at radius 3 is 2.87 bits per heavy atom. The molecule has 4 nitrogen and oxygen atoms in total. The lowest BCUT2D eigenvalue weighted by Gasteiger charge is -2.07. The number of carbonyl (C=O) groups is 1. The van der Waals surface area contributed by atoms with Crippen LogP contribution < -0.4 is 0 Å². The third-order valence-electron chi connectivity index (χ3n) is 2.63. The predicted octanol–water partition coefficient (Wildman–Crippen LogP) is 1.43. The molecule has 0 spiro atoms. The molecule has 1 heterocycles. The third-order valence-corrected chi connectivity index (χ3v) is 2.63. The fraction of sp³-hybridized carbons (Fsp3) is 0.667. The number of hydrogen-bond acceptors (Lipinski definition) is 3. The summed E-state index contributed by atoms with van der Waals surface area (Å²) in [5.41, 5.74) is 0.181. The number of Topliss-reactive ketones (excluding diaryl/α,β-unsaturated/α-hetero) is 1. The van der Waals surface area contributed by atoms with Gasteiger partial charge in [-0.05, 0) is 6.42 Å². The monoisotopic (exact) mass is 215 g/mol. The number of ketones is 1. The number of aromatic nitrogens is 3. The van der Waals surface area contributed by atoms with E-state index in [-0.39, 0.29) is 30.7 Å². The van der Waals surface area contributed by atoms with Crippen LogP contribution in [-0.2, 0) is 7.05 Å². The summed E-state index contributed by atoms with van der Waals surface area (Å²) in [5, 5.41) is 7.23. The van der Waals surface area contributed by atoms with Crippen molar-refractivity contribution in [1.29, 1.82) is 0 Å². The largest absolute Gasteiger partial charge is 0.292 e. The van der Waals surface area contributed by atoms with Crippen LogP contribution >= 0.6 is 0 Å². The van der Waals surface area contributed by atoms with Crippen molar-refractivity contribution < 1.29 is 13.6 Å². The van der Waals surface area contributed by atoms with Gasteiger partial charge in [0.15, 0.2) is 5.78 Å². The maximum atomic E-state index is 12.9. The van der Waals surface area contributed by atoms with E-state index in [2.05, 4.69) is 10.3 Å². The van der Waals surface area contributed by atoms with E-state index < -0.39 is 11.8 Å². The van der Waals surface area contributed by atoms with Crippen LogP contribution in [0.4, 0.5) is 8.78 Å². The molecule has 0 saturated heterocycles. The summed E-state index contributed by atoms with van der Waals surface area (Å²) in [7, 11) is 1.63. The third kappa shape index (κ3) is 2.03. The number of rotatable bonds is 2. The Bertz CT molecular complexity index is 388. The van der Waals surface area contributed by atoms with Crippen LogP contribution in [0.3, 0.4) is 0 Å². The first-order valence-electron chi connectivity index (χ1n) is 4.76. The van der Waals surface area contributed by atoms with Crippen molar-refractivity contribution in [2.45, 2.75) is 25.2 Å². The molecule has 1 aromatic rings. The normalized spacial score (nSPS) is 24.3. The van der Waals surface area contributed by atoms with Crippen LogP contribution in [0, 0.1) is 5.92 Å². The van der Waals surface area contributed by atoms with Crippen LogP contribution in [0.15, 0.2) is 6.20 Å². The Morgan fingerprint density at radius 2 is 2.40 bits per heavy atom. The second kappa shape index (κ2) is 3.36. The van der Waals surface area contributed by atoms with Gasteiger partial charge in [-0.2, -0.15) is 0 Å². The van der Waals surface area contributed by atoms with Gasteiger partial charge in [-0.25, -0.2) is 8.78 Å². The average Bonchev–Trinajstić information content (AvgIpc) is 2.71. The highest BCUT2D eigenvalue weighted by Crippen LogP contribution is 2.39. The maximum absolute atomic E-state index is 12.9. The lowest BCUT2D eigenvalue weighted by atomic mass is 10.0. The Balaban J connectivity index is 2.10. The fourth-order valence-electron chi connectivity index (χ4n) is 1.84. The molecule has 6 heteroatoms. The number of nitrogens with zero attached hydrogens (tertiary/aromatic N) is 3. The van der Waals surface area contributed by atoms with Gasteiger partial charge >= 0.3 is 0 Å². The summed E-state index contributed by atoms with van der Waals surface area (Å²) in [6, 6.07) is 0. The van der Waals surface area contributed by atoms with Crippen LogP contribution in [0.2, 0.25) is 0 Å². The molecule has 0 bridgehead atoms. The summed E-state index contributed by atoms with van der Waals surface area (Å²) in [6.45, 7) is 0. The first kappa shape index (κ1) is 10.2. The molecule has 0 radical (unpaired) electrons. The summed E-state index contributed by atoms with van der Waals surface area (Å²) in [4.78, 5) is 11.7. The predicted molar refractivity (Wildman–Crippen MR) is 47.6 cm³/mol. The fourth-order valence-corrected chi connectivity index (χ4v) is 1.84. The molecular weight excluding hydrogens is 204 g/mol. The maximum Gasteiger partial charge on any atom is 0.248 e. The minimum absolute atomic E-state index is 0.181. The van der Waals surface area contributed by atoms with Crippen LogP contribution in [0.25, 0.3) is 0 Å². The highest BCUT2D eigenvalue weighted by Gasteiger charge is 2.43. The second-order valence-electron chi connectivity index (χ2n) is 3.94. The van der Waals surface area contributed by atoms with Crippen LogP contribution in [0.5, 0.6) is 0 Å². The molecule has 0 aliphatic heterocycles. The first-order valence-corrected chi connectivity index (χ1v) is 4.76. The van der Waals surface area contributed by atoms with Gasteiger partial charge in [-0.1, -0.05) is 5.21 Å². The van der Waals surface area contributed by atoms with E-state index in [1.54, 1.807) is 7.05 Å². The van der Waals surface area contributed by atoms with E-state index in [1.165, 1.54) is 10.9 Å². The first-order chi connectivity index (χ1) is 6.98. The number of alkyl halides is 2. The minimum Gasteiger partial charge on any atom is -0.292 e. The van der Waals surface area contributed by atoms with Gasteiger partial charge < -0.3 is 0 Å². The van der Waals surface area contributed by atoms with Gasteiger partial charge in [0.25, 0.3) is 0 Å². The van der Waals surface area contributed by atoms with E-state index >= 15 is 0 Å². The Kier molecular flexibility index (Phi) is 2.28. The molecule has 82 valence electrons. The van der Waals surface area contributed by atoms with E-state index in [9.17, 15) is 13.6 Å². The molecule has 0 amide bonds. The van der Waals surface area contributed by atoms with Crippen molar-refractivity contribution in [3.63, 3.8) is 0 Å². The van der Waals surface area contributed by atoms with Crippen molar-refractivity contribution in [3.8, 4) is 0 Å². The molecule has 1 aliphatic rings. The molecule has 1 atom stereocenters. The quantitative estimate of drug-likeness (QED) is 0.701. The van der Waals surface area contributed by atoms with E-state index in [4.69, 9.17) is 0 Å². The Morgan fingerprint density at radius 1 is 1.67 bits per heavy atom. The van der Waals surface area contributed by atoms with Gasteiger partial charge in [-0.15, -0.1) is 5.10 Å². The van der Waals surface area contributed by atoms with Gasteiger partial charge in [0, 0.05) is 25.8 Å². The smallest absolute Gasteiger partial charge is 0.248 e. The van der Waals surface area contributed by atoms with Crippen molar-refractivity contribution in [2.24, 2.45) is 13.0 Å². The van der Waals surface area contributed by atoms with Gasteiger partial charge in [-0.3, -0.25) is 9.48 Å². The molecule has 15 heavy (non-hydrogen) atoms. The summed E-state index contributed by atoms with van der Waals surface area (Å²) < 4.78 is 27.2. The molecule has 0 N–H and O–H groups in total. The zero-order valence-electron chi connectivity index (χ0n) is 8.28. The lowest BCUT2D eigenvalue weighted by molar-refractivity contribution is 0.00527. The molecule has 1 saturated carbocycles. The van der Waals surface area contributed by atoms with Gasteiger partial charge in [0.1, 0.15) is 5.69 Å². The SMILES string of the molecule is Cn1cc(C(=O)C2CCC(F)(F)C2)nn1. The van der Waals surface area contributed by atoms with Gasteiger partial charge in [0.05, 0.1) is 6.20 Å². The molecule has 0 aromatic carbocycles. The van der Waals surface area contributed by atoms with E-state index in [1.807, 2.05) is 0 Å². The highest BCUT2D eigenvalue weighted by molar-refractivity contribution is 5.96. The second-order valence-corrected chi connectivity index (χ2v) is 3.94. The summed E-state index contributed by atoms with van der Waals surface area (Å²) >= 11 is 0. The highest BCUT2D eigenvalue weighted by atomic mass is 19.3. The number of hydrogen-bond donors (Lipinski definition) is 0. The van der Waals surface area contributed by atoms with Crippen molar-refractivity contribution in [3.05, 3.63) is 11.9 Å². The van der Waals surface area contributed by atoms with Crippen LogP contribution in [0.1, 0.15) is 29.8 Å². The van der Waals surface area contributed by atoms with Gasteiger partial charge in [0.2, 0.25) is 5.92 Å². The topological polar surface area (TPSA) is 47.8 Å². The van der Waals surface area contributed by atoms with Crippen molar-refractivity contribution >= 4 is 5.78 Å². The lowest BCUT2D eigenvalue weighted by Crippen LogP contribution is -2.16. The zero-order valence-corrected chi connectivity index (χ0v) is 8.28. The van der Waals surface area contributed by atoms with Crippen molar-refractivity contribution in [1.82, 2.24) is 15.0 Å². The zero-order chi connectivity index (χ0) is 11.1. The molecule has 2 rings (SSSR count). The number of carbonyl (C=O) groups excluding carboxylic acids is 1. The molecule has 1 unspecified atom stereocenters. The van der Waals surface area contributed by atoms with Crippen molar-refractivity contribution in [2.75, 3.05) is 0 Å². The number of aryl methyl sites for hydroxylation is 1. The molecule has 1 aromatic heterocycles. The standard InChI is InChI=1S/C9H11F2N3O/c1-14-5-7(12-13-14)8(15)6-2-3-9(10,11)4-6/h5-6H,2-4H2,1H3.